The highest BCUT2D eigenvalue weighted by molar-refractivity contribution is 6.13. The Morgan fingerprint density at radius 1 is 0.245 bits per heavy atom. The molecule has 0 fully saturated rings. The summed E-state index contributed by atoms with van der Waals surface area (Å²) in [6, 6.07) is 72.4. The number of fused-ring (bicyclic) bond motifs is 4. The predicted octanol–water partition coefficient (Wildman–Crippen LogP) is 13.6. The van der Waals surface area contributed by atoms with Gasteiger partial charge in [-0.05, 0) is 108 Å². The van der Waals surface area contributed by atoms with Crippen LogP contribution in [-0.2, 0) is 0 Å². The molecule has 49 heavy (non-hydrogen) atoms. The van der Waals surface area contributed by atoms with Crippen LogP contribution in [0.4, 0.5) is 17.1 Å². The average molecular weight is 624 g/mol. The minimum absolute atomic E-state index is 1.11. The van der Waals surface area contributed by atoms with E-state index in [2.05, 4.69) is 205 Å². The van der Waals surface area contributed by atoms with E-state index in [0.717, 1.165) is 17.1 Å². The van der Waals surface area contributed by atoms with E-state index in [-0.39, 0.29) is 0 Å². The minimum Gasteiger partial charge on any atom is -0.311 e. The van der Waals surface area contributed by atoms with Crippen LogP contribution in [0.3, 0.4) is 0 Å². The van der Waals surface area contributed by atoms with Gasteiger partial charge in [-0.15, -0.1) is 0 Å². The van der Waals surface area contributed by atoms with Crippen molar-refractivity contribution in [3.05, 3.63) is 200 Å². The van der Waals surface area contributed by atoms with Gasteiger partial charge in [0.1, 0.15) is 0 Å². The summed E-state index contributed by atoms with van der Waals surface area (Å²) in [5.41, 5.74) is 10.7. The van der Waals surface area contributed by atoms with Gasteiger partial charge >= 0.3 is 0 Å². The Morgan fingerprint density at radius 3 is 1.35 bits per heavy atom. The molecule has 1 nitrogen and oxygen atoms in total. The van der Waals surface area contributed by atoms with Gasteiger partial charge in [0.15, 0.2) is 0 Å². The SMILES string of the molecule is c1ccc(-c2ccc(N(c3ccc(-c4cccc5ccccc45)cc3)c3ccc(-c4cc5ccccc5c5ccccc45)cc3)cc2)cc1. The Morgan fingerprint density at radius 2 is 0.694 bits per heavy atom. The highest BCUT2D eigenvalue weighted by atomic mass is 15.1. The van der Waals surface area contributed by atoms with Crippen LogP contribution in [0.1, 0.15) is 0 Å². The summed E-state index contributed by atoms with van der Waals surface area (Å²) in [4.78, 5) is 2.35. The molecule has 230 valence electrons. The van der Waals surface area contributed by atoms with Crippen LogP contribution in [0, 0.1) is 0 Å². The van der Waals surface area contributed by atoms with E-state index < -0.39 is 0 Å². The van der Waals surface area contributed by atoms with Crippen LogP contribution in [0.5, 0.6) is 0 Å². The third-order valence-corrected chi connectivity index (χ3v) is 9.66. The number of benzene rings is 9. The molecule has 9 aromatic carbocycles. The molecule has 0 aliphatic heterocycles. The number of hydrogen-bond acceptors (Lipinski definition) is 1. The largest absolute Gasteiger partial charge is 0.311 e. The normalized spacial score (nSPS) is 11.3. The van der Waals surface area contributed by atoms with Crippen LogP contribution in [-0.4, -0.2) is 0 Å². The second-order valence-electron chi connectivity index (χ2n) is 12.6. The smallest absolute Gasteiger partial charge is 0.0462 e. The second-order valence-corrected chi connectivity index (χ2v) is 12.6. The first kappa shape index (κ1) is 28.8. The molecular formula is C48H33N. The summed E-state index contributed by atoms with van der Waals surface area (Å²) < 4.78 is 0. The Bertz CT molecular complexity index is 2560. The van der Waals surface area contributed by atoms with E-state index in [1.54, 1.807) is 0 Å². The highest BCUT2D eigenvalue weighted by Gasteiger charge is 2.15. The molecule has 0 saturated carbocycles. The fourth-order valence-corrected chi connectivity index (χ4v) is 7.23. The van der Waals surface area contributed by atoms with Crippen molar-refractivity contribution in [3.63, 3.8) is 0 Å². The summed E-state index contributed by atoms with van der Waals surface area (Å²) in [7, 11) is 0. The maximum absolute atomic E-state index is 2.35. The van der Waals surface area contributed by atoms with E-state index in [4.69, 9.17) is 0 Å². The summed E-state index contributed by atoms with van der Waals surface area (Å²) in [5, 5.41) is 7.62. The van der Waals surface area contributed by atoms with Gasteiger partial charge in [0.2, 0.25) is 0 Å². The molecule has 0 atom stereocenters. The molecule has 0 aromatic heterocycles. The van der Waals surface area contributed by atoms with Crippen molar-refractivity contribution in [2.24, 2.45) is 0 Å². The fourth-order valence-electron chi connectivity index (χ4n) is 7.23. The average Bonchev–Trinajstić information content (AvgIpc) is 3.19. The van der Waals surface area contributed by atoms with E-state index >= 15 is 0 Å². The van der Waals surface area contributed by atoms with Gasteiger partial charge in [-0.1, -0.05) is 158 Å². The lowest BCUT2D eigenvalue weighted by Gasteiger charge is -2.26. The van der Waals surface area contributed by atoms with E-state index in [0.29, 0.717) is 0 Å². The molecule has 0 spiro atoms. The molecule has 0 radical (unpaired) electrons. The first-order valence-electron chi connectivity index (χ1n) is 16.8. The molecule has 0 unspecified atom stereocenters. The first-order valence-corrected chi connectivity index (χ1v) is 16.8. The van der Waals surface area contributed by atoms with Crippen molar-refractivity contribution in [1.29, 1.82) is 0 Å². The molecule has 0 heterocycles. The Labute approximate surface area is 287 Å². The third-order valence-electron chi connectivity index (χ3n) is 9.66. The van der Waals surface area contributed by atoms with Gasteiger partial charge in [0.25, 0.3) is 0 Å². The summed E-state index contributed by atoms with van der Waals surface area (Å²) in [5.74, 6) is 0. The number of hydrogen-bond donors (Lipinski definition) is 0. The van der Waals surface area contributed by atoms with E-state index in [1.807, 2.05) is 0 Å². The molecule has 0 aliphatic carbocycles. The van der Waals surface area contributed by atoms with Crippen molar-refractivity contribution in [2.75, 3.05) is 4.90 Å². The Balaban J connectivity index is 1.14. The van der Waals surface area contributed by atoms with Crippen LogP contribution in [0.2, 0.25) is 0 Å². The quantitative estimate of drug-likeness (QED) is 0.167. The summed E-state index contributed by atoms with van der Waals surface area (Å²) in [6.07, 6.45) is 0. The number of anilines is 3. The van der Waals surface area contributed by atoms with Crippen molar-refractivity contribution >= 4 is 49.4 Å². The molecule has 0 amide bonds. The van der Waals surface area contributed by atoms with Crippen LogP contribution < -0.4 is 4.90 Å². The van der Waals surface area contributed by atoms with Crippen molar-refractivity contribution in [3.8, 4) is 33.4 Å². The number of nitrogens with zero attached hydrogens (tertiary/aromatic N) is 1. The maximum Gasteiger partial charge on any atom is 0.0462 e. The fraction of sp³-hybridized carbons (Fsp3) is 0. The second kappa shape index (κ2) is 12.3. The van der Waals surface area contributed by atoms with E-state index in [1.165, 1.54) is 65.7 Å². The van der Waals surface area contributed by atoms with Gasteiger partial charge < -0.3 is 4.90 Å². The zero-order valence-electron chi connectivity index (χ0n) is 27.0. The third kappa shape index (κ3) is 5.32. The monoisotopic (exact) mass is 623 g/mol. The molecular weight excluding hydrogens is 591 g/mol. The maximum atomic E-state index is 2.35. The van der Waals surface area contributed by atoms with Crippen molar-refractivity contribution < 1.29 is 0 Å². The zero-order chi connectivity index (χ0) is 32.6. The zero-order valence-corrected chi connectivity index (χ0v) is 27.0. The highest BCUT2D eigenvalue weighted by Crippen LogP contribution is 2.40. The Hall–Kier alpha value is -6.44. The first-order chi connectivity index (χ1) is 24.3. The minimum atomic E-state index is 1.11. The summed E-state index contributed by atoms with van der Waals surface area (Å²) >= 11 is 0. The molecule has 0 aliphatic rings. The predicted molar refractivity (Wildman–Crippen MR) is 210 cm³/mol. The van der Waals surface area contributed by atoms with Gasteiger partial charge in [0.05, 0.1) is 0 Å². The lowest BCUT2D eigenvalue weighted by molar-refractivity contribution is 1.28. The van der Waals surface area contributed by atoms with Crippen LogP contribution in [0.15, 0.2) is 200 Å². The molecule has 0 N–H and O–H groups in total. The van der Waals surface area contributed by atoms with Gasteiger partial charge in [-0.3, -0.25) is 0 Å². The van der Waals surface area contributed by atoms with Crippen LogP contribution >= 0.6 is 0 Å². The molecule has 0 saturated heterocycles. The topological polar surface area (TPSA) is 3.24 Å². The molecule has 0 bridgehead atoms. The Kier molecular flexibility index (Phi) is 7.22. The number of rotatable bonds is 6. The van der Waals surface area contributed by atoms with Gasteiger partial charge in [0, 0.05) is 17.1 Å². The van der Waals surface area contributed by atoms with Crippen LogP contribution in [0.25, 0.3) is 65.7 Å². The lowest BCUT2D eigenvalue weighted by Crippen LogP contribution is -2.09. The van der Waals surface area contributed by atoms with Crippen molar-refractivity contribution in [2.45, 2.75) is 0 Å². The molecule has 9 aromatic rings. The molecule has 9 rings (SSSR count). The van der Waals surface area contributed by atoms with Gasteiger partial charge in [-0.25, -0.2) is 0 Å². The standard InChI is InChI=1S/C48H33N/c1-2-11-34(12-3-1)35-21-27-40(28-22-35)49(41-29-23-37(24-30-41)44-20-10-15-36-13-4-6-16-43(36)44)42-31-25-38(26-32-42)48-33-39-14-5-7-17-45(39)46-18-8-9-19-47(46)48/h1-33H. The molecule has 1 heteroatoms. The van der Waals surface area contributed by atoms with E-state index in [9.17, 15) is 0 Å². The van der Waals surface area contributed by atoms with Gasteiger partial charge in [-0.2, -0.15) is 0 Å². The van der Waals surface area contributed by atoms with Crippen molar-refractivity contribution in [1.82, 2.24) is 0 Å². The summed E-state index contributed by atoms with van der Waals surface area (Å²) in [6.45, 7) is 0. The lowest BCUT2D eigenvalue weighted by atomic mass is 9.93.